The Bertz CT molecular complexity index is 2140. The first-order chi connectivity index (χ1) is 27.4. The molecule has 1 aliphatic carbocycles. The molecule has 3 aromatic carbocycles. The molecule has 0 saturated carbocycles. The predicted molar refractivity (Wildman–Crippen MR) is 221 cm³/mol. The number of nitro groups is 1. The van der Waals surface area contributed by atoms with Crippen LogP contribution < -0.4 is 15.3 Å². The summed E-state index contributed by atoms with van der Waals surface area (Å²) in [6.45, 7) is 8.66. The van der Waals surface area contributed by atoms with Crippen molar-refractivity contribution in [3.05, 3.63) is 135 Å². The number of carbonyl (C=O) groups excluding carboxylic acids is 2. The molecule has 0 spiro atoms. The minimum Gasteiger partial charge on any atom is -0.459 e. The number of imide groups is 1. The van der Waals surface area contributed by atoms with Crippen LogP contribution in [0, 0.1) is 27.9 Å². The summed E-state index contributed by atoms with van der Waals surface area (Å²) in [4.78, 5) is 41.2. The zero-order chi connectivity index (χ0) is 40.5. The van der Waals surface area contributed by atoms with E-state index in [1.165, 1.54) is 18.2 Å². The lowest BCUT2D eigenvalue weighted by molar-refractivity contribution is -0.384. The van der Waals surface area contributed by atoms with Gasteiger partial charge in [-0.3, -0.25) is 19.7 Å². The molecule has 7 rings (SSSR count). The number of amides is 2. The molecule has 2 N–H and O–H groups in total. The fourth-order valence-corrected chi connectivity index (χ4v) is 13.8. The van der Waals surface area contributed by atoms with Gasteiger partial charge in [-0.05, 0) is 88.8 Å². The van der Waals surface area contributed by atoms with Crippen molar-refractivity contribution in [2.24, 2.45) is 17.8 Å². The molecule has 3 aliphatic rings. The van der Waals surface area contributed by atoms with Crippen molar-refractivity contribution in [3.8, 4) is 0 Å². The number of nitro benzene ring substituents is 1. The maximum absolute atomic E-state index is 14.5. The first kappa shape index (κ1) is 40.3. The Hall–Kier alpha value is -4.92. The highest BCUT2D eigenvalue weighted by Gasteiger charge is 2.58. The molecule has 1 aromatic heterocycles. The molecule has 57 heavy (non-hydrogen) atoms. The third-order valence-electron chi connectivity index (χ3n) is 11.9. The largest absolute Gasteiger partial charge is 0.459 e. The molecule has 2 saturated heterocycles. The second-order valence-corrected chi connectivity index (χ2v) is 20.5. The normalized spacial score (nSPS) is 21.5. The summed E-state index contributed by atoms with van der Waals surface area (Å²) in [5.74, 6) is -1.80. The van der Waals surface area contributed by atoms with Gasteiger partial charge in [0.25, 0.3) is 14.0 Å². The number of hydrogen-bond donors (Lipinski definition) is 2. The minimum absolute atomic E-state index is 0.115. The van der Waals surface area contributed by atoms with Gasteiger partial charge in [0.2, 0.25) is 11.8 Å². The molecule has 3 heterocycles. The molecule has 11 nitrogen and oxygen atoms in total. The predicted octanol–water partition coefficient (Wildman–Crippen LogP) is 6.83. The second kappa shape index (κ2) is 16.5. The summed E-state index contributed by atoms with van der Waals surface area (Å²) in [5, 5.41) is 34.4. The van der Waals surface area contributed by atoms with Crippen molar-refractivity contribution in [2.75, 3.05) is 11.5 Å². The van der Waals surface area contributed by atoms with Gasteiger partial charge < -0.3 is 23.6 Å². The number of allylic oxidation sites excluding steroid dienone is 1. The summed E-state index contributed by atoms with van der Waals surface area (Å²) in [6.07, 6.45) is 3.57. The van der Waals surface area contributed by atoms with Crippen molar-refractivity contribution in [1.29, 1.82) is 0 Å². The first-order valence-electron chi connectivity index (χ1n) is 19.7. The maximum Gasteiger partial charge on any atom is 0.455 e. The van der Waals surface area contributed by atoms with Gasteiger partial charge in [0, 0.05) is 12.1 Å². The molecule has 4 aromatic rings. The molecule has 296 valence electrons. The average molecular weight is 789 g/mol. The van der Waals surface area contributed by atoms with Crippen molar-refractivity contribution in [3.63, 3.8) is 0 Å². The second-order valence-electron chi connectivity index (χ2n) is 16.2. The maximum atomic E-state index is 14.5. The summed E-state index contributed by atoms with van der Waals surface area (Å²) in [6, 6.07) is 29.8. The molecule has 0 radical (unpaired) electrons. The number of benzene rings is 3. The number of aliphatic hydroxyl groups excluding tert-OH is 1. The summed E-state index contributed by atoms with van der Waals surface area (Å²) in [7, 11) is -4.23. The Morgan fingerprint density at radius 1 is 0.982 bits per heavy atom. The number of nitrogens with zero attached hydrogens (tertiary/aromatic N) is 2. The fraction of sp³-hybridized carbons (Fsp3) is 0.364. The zero-order valence-electron chi connectivity index (χ0n) is 32.8. The van der Waals surface area contributed by atoms with Gasteiger partial charge in [0.05, 0.1) is 35.2 Å². The van der Waals surface area contributed by atoms with Crippen LogP contribution in [0.15, 0.2) is 118 Å². The SMILES string of the molecule is CC/C(=C\c1ccc(CO)o1)CC[C@H]1OB(O)C[C@H]2C1=C(CO[Si](c1ccccc1)(c1ccccc1)C(C)(C)C)C[C@H]1C(=O)N(c3cccc([N+](=O)[O-])c3)C(=O)[C@H]12. The fourth-order valence-electron chi connectivity index (χ4n) is 9.28. The Labute approximate surface area is 334 Å². The number of fused-ring (bicyclic) bond motifs is 3. The molecular formula is C44H49BN2O9Si. The van der Waals surface area contributed by atoms with Crippen molar-refractivity contribution < 1.29 is 38.1 Å². The van der Waals surface area contributed by atoms with Crippen LogP contribution in [-0.2, 0) is 25.3 Å². The lowest BCUT2D eigenvalue weighted by Crippen LogP contribution is -2.66. The topological polar surface area (TPSA) is 153 Å². The molecule has 2 amide bonds. The van der Waals surface area contributed by atoms with Gasteiger partial charge in [-0.1, -0.05) is 100.0 Å². The average Bonchev–Trinajstić information content (AvgIpc) is 3.77. The van der Waals surface area contributed by atoms with E-state index in [9.17, 15) is 29.8 Å². The van der Waals surface area contributed by atoms with Gasteiger partial charge in [-0.25, -0.2) is 4.90 Å². The molecule has 0 unspecified atom stereocenters. The van der Waals surface area contributed by atoms with E-state index in [-0.39, 0.29) is 42.4 Å². The van der Waals surface area contributed by atoms with Crippen LogP contribution in [-0.4, -0.2) is 55.0 Å². The van der Waals surface area contributed by atoms with Crippen molar-refractivity contribution >= 4 is 55.1 Å². The van der Waals surface area contributed by atoms with E-state index >= 15 is 0 Å². The van der Waals surface area contributed by atoms with Gasteiger partial charge in [0.1, 0.15) is 18.1 Å². The monoisotopic (exact) mass is 788 g/mol. The van der Waals surface area contributed by atoms with Crippen LogP contribution in [0.4, 0.5) is 11.4 Å². The summed E-state index contributed by atoms with van der Waals surface area (Å²) >= 11 is 0. The number of carbonyl (C=O) groups is 2. The Morgan fingerprint density at radius 3 is 2.26 bits per heavy atom. The van der Waals surface area contributed by atoms with Crippen LogP contribution in [0.1, 0.15) is 64.9 Å². The van der Waals surface area contributed by atoms with Crippen LogP contribution >= 0.6 is 0 Å². The third kappa shape index (κ3) is 7.74. The first-order valence-corrected chi connectivity index (χ1v) is 21.6. The third-order valence-corrected chi connectivity index (χ3v) is 16.8. The lowest BCUT2D eigenvalue weighted by Gasteiger charge is -2.46. The van der Waals surface area contributed by atoms with E-state index in [4.69, 9.17) is 13.5 Å². The Kier molecular flexibility index (Phi) is 11.7. The number of aliphatic hydroxyl groups is 1. The molecule has 4 atom stereocenters. The van der Waals surface area contributed by atoms with Crippen LogP contribution in [0.3, 0.4) is 0 Å². The van der Waals surface area contributed by atoms with Gasteiger partial charge in [-0.15, -0.1) is 0 Å². The number of non-ortho nitro benzene ring substituents is 1. The quantitative estimate of drug-likeness (QED) is 0.0488. The number of hydrogen-bond acceptors (Lipinski definition) is 9. The smallest absolute Gasteiger partial charge is 0.455 e. The van der Waals surface area contributed by atoms with E-state index in [0.717, 1.165) is 38.4 Å². The van der Waals surface area contributed by atoms with Crippen molar-refractivity contribution in [1.82, 2.24) is 0 Å². The Balaban J connectivity index is 1.31. The summed E-state index contributed by atoms with van der Waals surface area (Å²) in [5.41, 5.74) is 2.79. The van der Waals surface area contributed by atoms with Crippen molar-refractivity contribution in [2.45, 2.75) is 77.4 Å². The van der Waals surface area contributed by atoms with Crippen LogP contribution in [0.25, 0.3) is 6.08 Å². The zero-order valence-corrected chi connectivity index (χ0v) is 33.8. The highest BCUT2D eigenvalue weighted by atomic mass is 28.4. The van der Waals surface area contributed by atoms with Crippen LogP contribution in [0.5, 0.6) is 0 Å². The van der Waals surface area contributed by atoms with E-state index in [1.807, 2.05) is 48.5 Å². The summed E-state index contributed by atoms with van der Waals surface area (Å²) < 4.78 is 19.6. The van der Waals surface area contributed by atoms with Gasteiger partial charge >= 0.3 is 7.12 Å². The molecular weight excluding hydrogens is 739 g/mol. The van der Waals surface area contributed by atoms with Gasteiger partial charge in [-0.2, -0.15) is 0 Å². The molecule has 0 bridgehead atoms. The van der Waals surface area contributed by atoms with Gasteiger partial charge in [0.15, 0.2) is 0 Å². The highest BCUT2D eigenvalue weighted by molar-refractivity contribution is 6.99. The molecule has 2 aliphatic heterocycles. The van der Waals surface area contributed by atoms with Crippen LogP contribution in [0.2, 0.25) is 11.4 Å². The number of rotatable bonds is 13. The van der Waals surface area contributed by atoms with E-state index in [0.29, 0.717) is 24.4 Å². The highest BCUT2D eigenvalue weighted by Crippen LogP contribution is 2.52. The lowest BCUT2D eigenvalue weighted by atomic mass is 9.58. The number of anilines is 1. The molecule has 13 heteroatoms. The standard InChI is InChI=1S/C44H49BN2O9Si/c1-5-29(23-33-20-21-34(27-48)55-33)19-22-39-40-30(28-54-57(44(2,3)4,35-15-8-6-9-16-35)36-17-10-7-11-18-36)24-37-41(38(40)26-45(51)56-39)43(50)46(42(37)49)31-13-12-14-32(25-31)47(52)53/h6-18,20-21,23,25,37-39,41,48,51H,5,19,22,24,26-28H2,1-4H3/b29-23+/t37-,38+,39-,41-/m1/s1. The van der Waals surface area contributed by atoms with E-state index < -0.39 is 56.0 Å². The number of furan rings is 1. The minimum atomic E-state index is -3.05. The Morgan fingerprint density at radius 2 is 1.67 bits per heavy atom. The molecule has 2 fully saturated rings. The van der Waals surface area contributed by atoms with E-state index in [1.54, 1.807) is 12.1 Å². The van der Waals surface area contributed by atoms with E-state index in [2.05, 4.69) is 52.0 Å².